The van der Waals surface area contributed by atoms with E-state index in [1.807, 2.05) is 27.7 Å². The zero-order valence-corrected chi connectivity index (χ0v) is 13.4. The molecule has 1 atom stereocenters. The summed E-state index contributed by atoms with van der Waals surface area (Å²) >= 11 is 0. The Morgan fingerprint density at radius 3 is 2.14 bits per heavy atom. The van der Waals surface area contributed by atoms with Crippen molar-refractivity contribution in [3.05, 3.63) is 0 Å². The zero-order valence-electron chi connectivity index (χ0n) is 13.4. The van der Waals surface area contributed by atoms with Crippen LogP contribution in [0.1, 0.15) is 47.0 Å². The van der Waals surface area contributed by atoms with Crippen molar-refractivity contribution in [2.45, 2.75) is 76.4 Å². The molecule has 0 aromatic heterocycles. The molecule has 6 heteroatoms. The summed E-state index contributed by atoms with van der Waals surface area (Å²) in [6.07, 6.45) is -2.00. The lowest BCUT2D eigenvalue weighted by atomic mass is 9.90. The number of alkyl halides is 3. The highest BCUT2D eigenvalue weighted by Crippen LogP contribution is 2.42. The van der Waals surface area contributed by atoms with Crippen molar-refractivity contribution in [1.29, 1.82) is 0 Å². The standard InChI is InChI=1S/C15H27F3N2O/c1-13(2)9-12(14(3,4)21-13)20(10-15(16,17)18)11-5-7-19-8-6-11/h11-12,19H,5-10H2,1-4H3. The maximum atomic E-state index is 13.1. The second-order valence-electron chi connectivity index (χ2n) is 7.45. The number of nitrogens with one attached hydrogen (secondary N) is 1. The lowest BCUT2D eigenvalue weighted by Crippen LogP contribution is -2.56. The molecule has 0 aromatic carbocycles. The van der Waals surface area contributed by atoms with Gasteiger partial charge in [-0.3, -0.25) is 4.90 Å². The molecule has 1 unspecified atom stereocenters. The zero-order chi connectivity index (χ0) is 15.9. The largest absolute Gasteiger partial charge is 0.401 e. The molecule has 2 saturated heterocycles. The minimum Gasteiger partial charge on any atom is -0.368 e. The fraction of sp³-hybridized carbons (Fsp3) is 1.00. The summed E-state index contributed by atoms with van der Waals surface area (Å²) in [4.78, 5) is 1.66. The second-order valence-corrected chi connectivity index (χ2v) is 7.45. The van der Waals surface area contributed by atoms with Crippen molar-refractivity contribution in [3.8, 4) is 0 Å². The van der Waals surface area contributed by atoms with E-state index >= 15 is 0 Å². The van der Waals surface area contributed by atoms with Gasteiger partial charge in [-0.2, -0.15) is 13.2 Å². The molecule has 21 heavy (non-hydrogen) atoms. The van der Waals surface area contributed by atoms with Crippen LogP contribution in [0, 0.1) is 0 Å². The molecule has 1 N–H and O–H groups in total. The summed E-state index contributed by atoms with van der Waals surface area (Å²) in [5.74, 6) is 0. The predicted molar refractivity (Wildman–Crippen MR) is 76.3 cm³/mol. The maximum Gasteiger partial charge on any atom is 0.401 e. The molecule has 2 fully saturated rings. The smallest absolute Gasteiger partial charge is 0.368 e. The molecule has 2 aliphatic heterocycles. The average Bonchev–Trinajstić information content (AvgIpc) is 2.54. The first kappa shape index (κ1) is 17.0. The molecule has 0 amide bonds. The van der Waals surface area contributed by atoms with Crippen molar-refractivity contribution in [2.24, 2.45) is 0 Å². The van der Waals surface area contributed by atoms with Gasteiger partial charge in [-0.25, -0.2) is 0 Å². The molecule has 0 spiro atoms. The van der Waals surface area contributed by atoms with Gasteiger partial charge in [0.15, 0.2) is 0 Å². The number of rotatable bonds is 3. The highest BCUT2D eigenvalue weighted by Gasteiger charge is 2.51. The van der Waals surface area contributed by atoms with Crippen LogP contribution in [0.15, 0.2) is 0 Å². The van der Waals surface area contributed by atoms with Crippen molar-refractivity contribution in [1.82, 2.24) is 10.2 Å². The summed E-state index contributed by atoms with van der Waals surface area (Å²) in [6, 6.07) is -0.216. The lowest BCUT2D eigenvalue weighted by molar-refractivity contribution is -0.166. The summed E-state index contributed by atoms with van der Waals surface area (Å²) in [6.45, 7) is 8.48. The van der Waals surface area contributed by atoms with Crippen LogP contribution >= 0.6 is 0 Å². The molecule has 3 nitrogen and oxygen atoms in total. The van der Waals surface area contributed by atoms with E-state index in [0.717, 1.165) is 25.9 Å². The molecule has 2 heterocycles. The van der Waals surface area contributed by atoms with Crippen LogP contribution in [0.5, 0.6) is 0 Å². The van der Waals surface area contributed by atoms with Crippen molar-refractivity contribution in [3.63, 3.8) is 0 Å². The van der Waals surface area contributed by atoms with E-state index in [9.17, 15) is 13.2 Å². The summed E-state index contributed by atoms with van der Waals surface area (Å²) in [5, 5.41) is 3.22. The van der Waals surface area contributed by atoms with Crippen LogP contribution in [0.25, 0.3) is 0 Å². The van der Waals surface area contributed by atoms with Crippen LogP contribution in [0.4, 0.5) is 13.2 Å². The van der Waals surface area contributed by atoms with E-state index < -0.39 is 18.3 Å². The van der Waals surface area contributed by atoms with Crippen molar-refractivity contribution in [2.75, 3.05) is 19.6 Å². The third kappa shape index (κ3) is 4.33. The van der Waals surface area contributed by atoms with E-state index in [1.165, 1.54) is 0 Å². The Morgan fingerprint density at radius 2 is 1.71 bits per heavy atom. The molecule has 0 aromatic rings. The van der Waals surface area contributed by atoms with Gasteiger partial charge in [0.1, 0.15) is 0 Å². The second kappa shape index (κ2) is 5.70. The SMILES string of the molecule is CC1(C)CC(N(CC(F)(F)F)C2CCNCC2)C(C)(C)O1. The number of piperidine rings is 1. The van der Waals surface area contributed by atoms with Gasteiger partial charge in [0.05, 0.1) is 17.7 Å². The quantitative estimate of drug-likeness (QED) is 0.867. The number of nitrogens with zero attached hydrogens (tertiary/aromatic N) is 1. The Balaban J connectivity index is 2.21. The van der Waals surface area contributed by atoms with Gasteiger partial charge >= 0.3 is 6.18 Å². The van der Waals surface area contributed by atoms with Crippen LogP contribution in [0.2, 0.25) is 0 Å². The molecule has 2 rings (SSSR count). The van der Waals surface area contributed by atoms with Gasteiger partial charge in [-0.15, -0.1) is 0 Å². The van der Waals surface area contributed by atoms with E-state index in [1.54, 1.807) is 4.90 Å². The van der Waals surface area contributed by atoms with Gasteiger partial charge in [-0.05, 0) is 60.0 Å². The van der Waals surface area contributed by atoms with Crippen LogP contribution < -0.4 is 5.32 Å². The first-order valence-electron chi connectivity index (χ1n) is 7.74. The highest BCUT2D eigenvalue weighted by molar-refractivity contribution is 5.02. The van der Waals surface area contributed by atoms with Gasteiger partial charge in [0, 0.05) is 12.1 Å². The highest BCUT2D eigenvalue weighted by atomic mass is 19.4. The molecule has 0 aliphatic carbocycles. The first-order valence-corrected chi connectivity index (χ1v) is 7.74. The van der Waals surface area contributed by atoms with Crippen LogP contribution in [0.3, 0.4) is 0 Å². The third-order valence-electron chi connectivity index (χ3n) is 4.57. The maximum absolute atomic E-state index is 13.1. The van der Waals surface area contributed by atoms with Gasteiger partial charge in [-0.1, -0.05) is 0 Å². The van der Waals surface area contributed by atoms with E-state index in [0.29, 0.717) is 6.42 Å². The van der Waals surface area contributed by atoms with Gasteiger partial charge in [0.25, 0.3) is 0 Å². The first-order chi connectivity index (χ1) is 9.50. The molecule has 0 saturated carbocycles. The number of hydrogen-bond donors (Lipinski definition) is 1. The Labute approximate surface area is 125 Å². The normalized spacial score (nSPS) is 30.0. The Morgan fingerprint density at radius 1 is 1.14 bits per heavy atom. The monoisotopic (exact) mass is 308 g/mol. The van der Waals surface area contributed by atoms with Gasteiger partial charge < -0.3 is 10.1 Å². The molecular formula is C15H27F3N2O. The number of hydrogen-bond acceptors (Lipinski definition) is 3. The topological polar surface area (TPSA) is 24.5 Å². The summed E-state index contributed by atoms with van der Waals surface area (Å²) in [7, 11) is 0. The van der Waals surface area contributed by atoms with Crippen molar-refractivity contribution >= 4 is 0 Å². The van der Waals surface area contributed by atoms with Crippen LogP contribution in [-0.4, -0.2) is 54.0 Å². The van der Waals surface area contributed by atoms with E-state index in [-0.39, 0.29) is 17.7 Å². The van der Waals surface area contributed by atoms with E-state index in [2.05, 4.69) is 5.32 Å². The fourth-order valence-electron chi connectivity index (χ4n) is 3.89. The van der Waals surface area contributed by atoms with Gasteiger partial charge in [0.2, 0.25) is 0 Å². The summed E-state index contributed by atoms with van der Waals surface area (Å²) < 4.78 is 45.2. The molecule has 2 aliphatic rings. The minimum atomic E-state index is -4.17. The molecule has 0 radical (unpaired) electrons. The predicted octanol–water partition coefficient (Wildman–Crippen LogP) is 2.95. The third-order valence-corrected chi connectivity index (χ3v) is 4.57. The molecule has 0 bridgehead atoms. The van der Waals surface area contributed by atoms with Crippen LogP contribution in [-0.2, 0) is 4.74 Å². The molecule has 124 valence electrons. The minimum absolute atomic E-state index is 0.0188. The fourth-order valence-corrected chi connectivity index (χ4v) is 3.89. The Bertz CT molecular complexity index is 362. The van der Waals surface area contributed by atoms with E-state index in [4.69, 9.17) is 4.74 Å². The summed E-state index contributed by atoms with van der Waals surface area (Å²) in [5.41, 5.74) is -0.926. The Kier molecular flexibility index (Phi) is 4.63. The lowest BCUT2D eigenvalue weighted by Gasteiger charge is -2.43. The average molecular weight is 308 g/mol. The number of ether oxygens (including phenoxy) is 1. The Hall–Kier alpha value is -0.330. The molecular weight excluding hydrogens is 281 g/mol. The van der Waals surface area contributed by atoms with Crippen molar-refractivity contribution < 1.29 is 17.9 Å². The number of halogens is 3.